The van der Waals surface area contributed by atoms with Crippen LogP contribution in [0.5, 0.6) is 0 Å². The highest BCUT2D eigenvalue weighted by atomic mass is 31.2. The van der Waals surface area contributed by atoms with Gasteiger partial charge in [0.15, 0.2) is 6.10 Å². The zero-order valence-electron chi connectivity index (χ0n) is 37.4. The Morgan fingerprint density at radius 1 is 0.780 bits per heavy atom. The summed E-state index contributed by atoms with van der Waals surface area (Å²) in [5, 5.41) is 20.7. The largest absolute Gasteiger partial charge is 0.472 e. The molecule has 13 heteroatoms. The highest BCUT2D eigenvalue weighted by Crippen LogP contribution is 2.43. The minimum Gasteiger partial charge on any atom is -0.462 e. The molecule has 1 fully saturated rings. The molecule has 1 aliphatic rings. The van der Waals surface area contributed by atoms with Gasteiger partial charge in [-0.05, 0) is 57.8 Å². The van der Waals surface area contributed by atoms with Gasteiger partial charge in [-0.15, -0.1) is 0 Å². The molecule has 59 heavy (non-hydrogen) atoms. The fourth-order valence-electron chi connectivity index (χ4n) is 6.81. The Hall–Kier alpha value is -2.18. The average molecular weight is 857 g/mol. The van der Waals surface area contributed by atoms with Gasteiger partial charge >= 0.3 is 19.8 Å². The van der Waals surface area contributed by atoms with Crippen LogP contribution in [0.2, 0.25) is 0 Å². The lowest BCUT2D eigenvalue weighted by Gasteiger charge is -2.24. The van der Waals surface area contributed by atoms with Crippen molar-refractivity contribution in [2.24, 2.45) is 11.8 Å². The number of ether oxygens (including phenoxy) is 2. The third kappa shape index (κ3) is 30.5. The van der Waals surface area contributed by atoms with Crippen molar-refractivity contribution < 1.29 is 57.1 Å². The number of carbonyl (C=O) groups excluding carboxylic acids is 3. The molecule has 0 aromatic heterocycles. The van der Waals surface area contributed by atoms with Crippen LogP contribution < -0.4 is 0 Å². The van der Waals surface area contributed by atoms with Crippen molar-refractivity contribution in [3.05, 3.63) is 36.5 Å². The van der Waals surface area contributed by atoms with Crippen molar-refractivity contribution in [1.82, 2.24) is 0 Å². The van der Waals surface area contributed by atoms with Gasteiger partial charge in [-0.2, -0.15) is 0 Å². The molecule has 0 heterocycles. The number of aliphatic hydroxyl groups is 2. The molecule has 1 rings (SSSR count). The first-order valence-corrected chi connectivity index (χ1v) is 24.3. The first-order chi connectivity index (χ1) is 28.2. The van der Waals surface area contributed by atoms with E-state index in [1.807, 2.05) is 33.3 Å². The molecule has 12 nitrogen and oxygen atoms in total. The molecule has 1 unspecified atom stereocenters. The first-order valence-electron chi connectivity index (χ1n) is 22.8. The predicted octanol–water partition coefficient (Wildman–Crippen LogP) is 9.50. The van der Waals surface area contributed by atoms with Gasteiger partial charge in [-0.25, -0.2) is 4.57 Å². The summed E-state index contributed by atoms with van der Waals surface area (Å²) in [6.45, 7) is 3.98. The second kappa shape index (κ2) is 33.4. The molecule has 1 aliphatic carbocycles. The molecule has 0 aromatic carbocycles. The predicted molar refractivity (Wildman–Crippen MR) is 234 cm³/mol. The maximum atomic E-state index is 12.8. The summed E-state index contributed by atoms with van der Waals surface area (Å²) in [7, 11) is 1.31. The van der Waals surface area contributed by atoms with E-state index < -0.39 is 44.7 Å². The minimum absolute atomic E-state index is 0.00585. The monoisotopic (exact) mass is 857 g/mol. The minimum atomic E-state index is -4.45. The molecule has 0 aliphatic heterocycles. The molecular weight excluding hydrogens is 773 g/mol. The van der Waals surface area contributed by atoms with Gasteiger partial charge < -0.3 is 29.1 Å². The van der Waals surface area contributed by atoms with Gasteiger partial charge in [0.2, 0.25) is 0 Å². The fourth-order valence-corrected chi connectivity index (χ4v) is 7.55. The van der Waals surface area contributed by atoms with Crippen LogP contribution in [0.1, 0.15) is 162 Å². The zero-order chi connectivity index (χ0) is 43.8. The Kier molecular flexibility index (Phi) is 31.1. The molecule has 1 saturated carbocycles. The number of phosphoric ester groups is 1. The van der Waals surface area contributed by atoms with Crippen molar-refractivity contribution in [3.63, 3.8) is 0 Å². The Bertz CT molecular complexity index is 1260. The number of Topliss-reactive ketones (excluding diaryl/α,β-unsaturated/α-hetero) is 1. The molecule has 3 N–H and O–H groups in total. The third-order valence-corrected chi connectivity index (χ3v) is 11.5. The first kappa shape index (κ1) is 54.8. The van der Waals surface area contributed by atoms with Gasteiger partial charge in [-0.3, -0.25) is 23.4 Å². The van der Waals surface area contributed by atoms with Crippen LogP contribution in [0.25, 0.3) is 0 Å². The van der Waals surface area contributed by atoms with E-state index in [9.17, 15) is 34.1 Å². The van der Waals surface area contributed by atoms with E-state index in [1.165, 1.54) is 38.5 Å². The van der Waals surface area contributed by atoms with Crippen LogP contribution in [0.4, 0.5) is 0 Å². The van der Waals surface area contributed by atoms with Gasteiger partial charge in [0.25, 0.3) is 0 Å². The van der Waals surface area contributed by atoms with Crippen LogP contribution in [0, 0.1) is 11.8 Å². The number of ketones is 1. The number of esters is 2. The van der Waals surface area contributed by atoms with Crippen LogP contribution in [-0.2, 0) is 37.5 Å². The lowest BCUT2D eigenvalue weighted by Crippen LogP contribution is -2.37. The highest BCUT2D eigenvalue weighted by Gasteiger charge is 2.39. The van der Waals surface area contributed by atoms with Crippen LogP contribution in [-0.4, -0.2) is 103 Å². The van der Waals surface area contributed by atoms with Crippen molar-refractivity contribution in [1.29, 1.82) is 0 Å². The number of quaternary nitrogens is 1. The second-order valence-corrected chi connectivity index (χ2v) is 18.7. The van der Waals surface area contributed by atoms with Gasteiger partial charge in [0.1, 0.15) is 25.5 Å². The number of carbonyl (C=O) groups is 3. The number of allylic oxidation sites excluding steroid dienone is 4. The van der Waals surface area contributed by atoms with Crippen molar-refractivity contribution in [2.45, 2.75) is 180 Å². The Morgan fingerprint density at radius 2 is 1.36 bits per heavy atom. The normalized spacial score (nSPS) is 19.5. The number of unbranched alkanes of at least 4 members (excludes halogenated alkanes) is 14. The molecular formula is C46H83NO11P+. The Labute approximate surface area is 357 Å². The maximum Gasteiger partial charge on any atom is 0.472 e. The lowest BCUT2D eigenvalue weighted by molar-refractivity contribution is -0.870. The molecule has 6 atom stereocenters. The number of phosphoric acid groups is 1. The summed E-state index contributed by atoms with van der Waals surface area (Å²) in [6.07, 6.45) is 29.8. The van der Waals surface area contributed by atoms with Gasteiger partial charge in [-0.1, -0.05) is 121 Å². The van der Waals surface area contributed by atoms with E-state index in [2.05, 4.69) is 26.0 Å². The number of aliphatic hydroxyl groups excluding tert-OH is 2. The molecule has 0 radical (unpaired) electrons. The van der Waals surface area contributed by atoms with E-state index in [1.54, 1.807) is 12.2 Å². The summed E-state index contributed by atoms with van der Waals surface area (Å²) in [6, 6.07) is 0. The number of rotatable bonds is 37. The molecule has 0 bridgehead atoms. The highest BCUT2D eigenvalue weighted by molar-refractivity contribution is 7.47. The number of likely N-dealkylation sites (N-methyl/N-ethyl adjacent to an activating group) is 1. The molecule has 0 spiro atoms. The van der Waals surface area contributed by atoms with Crippen molar-refractivity contribution in [2.75, 3.05) is 47.5 Å². The summed E-state index contributed by atoms with van der Waals surface area (Å²) in [5.74, 6) is -1.74. The lowest BCUT2D eigenvalue weighted by atomic mass is 9.90. The SMILES string of the molecule is CCCCCCCC/C=C\CCCCCCCC(=O)OC[C@H](COP(=O)(O)OCC[N+](C)(C)C)OC(=O)CCC/C=C\C[C@H]1C(=O)C[C@@H](O)[C@@H]1/C=C/[C@@H](O)CCCCC. The number of hydrogen-bond donors (Lipinski definition) is 3. The van der Waals surface area contributed by atoms with E-state index in [4.69, 9.17) is 18.5 Å². The fraction of sp³-hybridized carbons (Fsp3) is 0.804. The summed E-state index contributed by atoms with van der Waals surface area (Å²) in [5.41, 5.74) is 0. The average Bonchev–Trinajstić information content (AvgIpc) is 3.44. The Balaban J connectivity index is 2.51. The molecule has 0 aromatic rings. The van der Waals surface area contributed by atoms with Crippen LogP contribution >= 0.6 is 7.82 Å². The van der Waals surface area contributed by atoms with E-state index in [0.717, 1.165) is 57.8 Å². The third-order valence-electron chi connectivity index (χ3n) is 10.5. The van der Waals surface area contributed by atoms with Crippen molar-refractivity contribution >= 4 is 25.5 Å². The topological polar surface area (TPSA) is 166 Å². The summed E-state index contributed by atoms with van der Waals surface area (Å²) < 4.78 is 34.2. The summed E-state index contributed by atoms with van der Waals surface area (Å²) >= 11 is 0. The Morgan fingerprint density at radius 3 is 2.02 bits per heavy atom. The van der Waals surface area contributed by atoms with Crippen LogP contribution in [0.15, 0.2) is 36.5 Å². The van der Waals surface area contributed by atoms with Gasteiger partial charge in [0, 0.05) is 31.1 Å². The molecule has 0 saturated heterocycles. The number of hydrogen-bond acceptors (Lipinski definition) is 10. The quantitative estimate of drug-likeness (QED) is 0.0179. The number of nitrogens with zero attached hydrogens (tertiary/aromatic N) is 1. The molecule has 0 amide bonds. The molecule has 342 valence electrons. The van der Waals surface area contributed by atoms with E-state index in [0.29, 0.717) is 43.1 Å². The standard InChI is InChI=1S/C46H82NO11P/c1-6-8-10-11-12-13-14-15-16-17-18-19-20-21-26-30-45(51)55-37-40(38-57-59(53,54)56-35-34-47(3,4)5)58-46(52)31-27-23-22-25-29-41-42(44(50)36-43(41)49)33-32-39(48)28-24-9-7-2/h15-16,22,25,32-33,39-42,44,48,50H,6-14,17-21,23-24,26-31,34-38H2,1-5H3/p+1/b16-15-,25-22-,33-32+/t39-,40+,41+,42+,44+/m0/s1. The van der Waals surface area contributed by atoms with E-state index in [-0.39, 0.29) is 50.1 Å². The van der Waals surface area contributed by atoms with Gasteiger partial charge in [0.05, 0.1) is 40.0 Å². The smallest absolute Gasteiger partial charge is 0.462 e. The summed E-state index contributed by atoms with van der Waals surface area (Å²) in [4.78, 5) is 48.1. The second-order valence-electron chi connectivity index (χ2n) is 17.2. The maximum absolute atomic E-state index is 12.8. The van der Waals surface area contributed by atoms with E-state index >= 15 is 0 Å². The van der Waals surface area contributed by atoms with Crippen LogP contribution in [0.3, 0.4) is 0 Å². The van der Waals surface area contributed by atoms with Crippen molar-refractivity contribution in [3.8, 4) is 0 Å². The zero-order valence-corrected chi connectivity index (χ0v) is 38.3.